The highest BCUT2D eigenvalue weighted by atomic mass is 16.1. The number of carbonyl (C=O) groups excluding carboxylic acids is 4. The van der Waals surface area contributed by atoms with Crippen molar-refractivity contribution in [1.82, 2.24) is 0 Å². The van der Waals surface area contributed by atoms with Crippen molar-refractivity contribution in [2.24, 2.45) is 29.6 Å². The first-order chi connectivity index (χ1) is 13.4. The molecule has 0 aromatic rings. The lowest BCUT2D eigenvalue weighted by molar-refractivity contribution is -0.121. The van der Waals surface area contributed by atoms with Gasteiger partial charge in [-0.3, -0.25) is 14.4 Å². The molecule has 0 aromatic carbocycles. The fourth-order valence-corrected chi connectivity index (χ4v) is 1.66. The Kier molecular flexibility index (Phi) is 29.7. The molecule has 0 bridgehead atoms. The molecule has 0 fully saturated rings. The van der Waals surface area contributed by atoms with Crippen LogP contribution >= 0.6 is 0 Å². The minimum atomic E-state index is 0. The number of hydrogen-bond donors (Lipinski definition) is 0. The molecule has 1 atom stereocenters. The monoisotopic (exact) mass is 442 g/mol. The SMILES string of the molecule is C.CC(=O)/C(C)=C\C(C)C.CC(=O)C(C)C.CC(=O)C(C)C(C)C.CC(=O)CC(C)C. The molecule has 0 spiro atoms. The fraction of sp³-hybridized carbons (Fsp3) is 0.778. The van der Waals surface area contributed by atoms with Crippen LogP contribution in [0.3, 0.4) is 0 Å². The van der Waals surface area contributed by atoms with Gasteiger partial charge in [-0.1, -0.05) is 75.8 Å². The van der Waals surface area contributed by atoms with E-state index in [9.17, 15) is 19.2 Å². The third-order valence-electron chi connectivity index (χ3n) is 4.29. The average Bonchev–Trinajstić information content (AvgIpc) is 2.53. The first-order valence-electron chi connectivity index (χ1n) is 11.1. The molecule has 1 unspecified atom stereocenters. The van der Waals surface area contributed by atoms with Crippen molar-refractivity contribution in [3.05, 3.63) is 11.6 Å². The second-order valence-corrected chi connectivity index (χ2v) is 9.36. The fourth-order valence-electron chi connectivity index (χ4n) is 1.66. The molecule has 0 aromatic heterocycles. The summed E-state index contributed by atoms with van der Waals surface area (Å²) in [7, 11) is 0. The molecule has 0 aliphatic carbocycles. The first kappa shape index (κ1) is 39.8. The molecule has 0 rings (SSSR count). The quantitative estimate of drug-likeness (QED) is 0.382. The van der Waals surface area contributed by atoms with Gasteiger partial charge in [0, 0.05) is 18.3 Å². The summed E-state index contributed by atoms with van der Waals surface area (Å²) in [5, 5.41) is 0. The van der Waals surface area contributed by atoms with E-state index in [-0.39, 0.29) is 36.6 Å². The average molecular weight is 443 g/mol. The number of allylic oxidation sites excluding steroid dienone is 2. The molecule has 0 saturated carbocycles. The molecule has 0 saturated heterocycles. The lowest BCUT2D eigenvalue weighted by atomic mass is 9.95. The van der Waals surface area contributed by atoms with Gasteiger partial charge in [0.05, 0.1) is 0 Å². The summed E-state index contributed by atoms with van der Waals surface area (Å²) in [5.74, 6) is 2.95. The first-order valence-corrected chi connectivity index (χ1v) is 11.1. The molecule has 31 heavy (non-hydrogen) atoms. The summed E-state index contributed by atoms with van der Waals surface area (Å²) < 4.78 is 0. The van der Waals surface area contributed by atoms with Gasteiger partial charge in [-0.05, 0) is 57.9 Å². The van der Waals surface area contributed by atoms with Crippen LogP contribution in [0.2, 0.25) is 0 Å². The van der Waals surface area contributed by atoms with Gasteiger partial charge in [0.25, 0.3) is 0 Å². The van der Waals surface area contributed by atoms with Gasteiger partial charge < -0.3 is 4.79 Å². The maximum atomic E-state index is 10.6. The topological polar surface area (TPSA) is 68.3 Å². The van der Waals surface area contributed by atoms with E-state index in [2.05, 4.69) is 27.7 Å². The summed E-state index contributed by atoms with van der Waals surface area (Å²) in [6.07, 6.45) is 2.70. The molecule has 4 heteroatoms. The zero-order valence-corrected chi connectivity index (χ0v) is 22.3. The molecule has 186 valence electrons. The standard InChI is InChI=1S/C8H14O.C7H14O.C6H12O.C5H10O.CH4/c1-6(2)5-7(3)8(4)9;1-5(2)6(3)7(4)8;1-5(2)4-6(3)7;1-4(2)5(3)6;/h5-6H,1-4H3;5-6H,1-4H3;5H,4H2,1-3H3;4H,1-3H3;1H4/b7-5-;;;;. The Morgan fingerprint density at radius 2 is 1.03 bits per heavy atom. The molecule has 0 heterocycles. The van der Waals surface area contributed by atoms with Crippen LogP contribution in [0.25, 0.3) is 0 Å². The zero-order valence-electron chi connectivity index (χ0n) is 22.3. The smallest absolute Gasteiger partial charge is 0.155 e. The summed E-state index contributed by atoms with van der Waals surface area (Å²) in [4.78, 5) is 41.6. The normalized spacial score (nSPS) is 11.2. The Labute approximate surface area is 194 Å². The van der Waals surface area contributed by atoms with Crippen LogP contribution in [0.4, 0.5) is 0 Å². The van der Waals surface area contributed by atoms with Crippen molar-refractivity contribution in [2.75, 3.05) is 0 Å². The molecular weight excluding hydrogens is 388 g/mol. The second-order valence-electron chi connectivity index (χ2n) is 9.36. The van der Waals surface area contributed by atoms with Gasteiger partial charge in [-0.2, -0.15) is 0 Å². The minimum Gasteiger partial charge on any atom is -0.300 e. The lowest BCUT2D eigenvalue weighted by Gasteiger charge is -2.09. The maximum Gasteiger partial charge on any atom is 0.155 e. The Hall–Kier alpha value is -1.58. The van der Waals surface area contributed by atoms with Gasteiger partial charge in [0.15, 0.2) is 5.78 Å². The van der Waals surface area contributed by atoms with Crippen molar-refractivity contribution >= 4 is 23.1 Å². The largest absolute Gasteiger partial charge is 0.300 e. The van der Waals surface area contributed by atoms with Crippen molar-refractivity contribution < 1.29 is 19.2 Å². The summed E-state index contributed by atoms with van der Waals surface area (Å²) >= 11 is 0. The molecule has 0 N–H and O–H groups in total. The highest BCUT2D eigenvalue weighted by Crippen LogP contribution is 2.09. The summed E-state index contributed by atoms with van der Waals surface area (Å²) in [6.45, 7) is 26.4. The molecule has 0 aliphatic heterocycles. The van der Waals surface area contributed by atoms with E-state index in [1.807, 2.05) is 47.6 Å². The number of hydrogen-bond acceptors (Lipinski definition) is 4. The number of rotatable bonds is 7. The van der Waals surface area contributed by atoms with E-state index in [1.165, 1.54) is 0 Å². The Morgan fingerprint density at radius 3 is 1.06 bits per heavy atom. The summed E-state index contributed by atoms with van der Waals surface area (Å²) in [6, 6.07) is 0. The molecule has 0 radical (unpaired) electrons. The van der Waals surface area contributed by atoms with Crippen molar-refractivity contribution in [3.8, 4) is 0 Å². The Morgan fingerprint density at radius 1 is 0.677 bits per heavy atom. The number of ketones is 4. The lowest BCUT2D eigenvalue weighted by Crippen LogP contribution is -2.12. The number of carbonyl (C=O) groups is 4. The summed E-state index contributed by atoms with van der Waals surface area (Å²) in [5.41, 5.74) is 0.866. The number of Topliss-reactive ketones (excluding diaryl/α,β-unsaturated/α-hetero) is 4. The third-order valence-corrected chi connectivity index (χ3v) is 4.29. The van der Waals surface area contributed by atoms with Gasteiger partial charge in [-0.25, -0.2) is 0 Å². The van der Waals surface area contributed by atoms with Gasteiger partial charge in [-0.15, -0.1) is 0 Å². The molecule has 4 nitrogen and oxygen atoms in total. The minimum absolute atomic E-state index is 0. The van der Waals surface area contributed by atoms with E-state index in [0.717, 1.165) is 12.0 Å². The molecular formula is C27H54O4. The molecule has 0 amide bonds. The maximum absolute atomic E-state index is 10.6. The van der Waals surface area contributed by atoms with Crippen LogP contribution in [0.1, 0.15) is 111 Å². The van der Waals surface area contributed by atoms with E-state index < -0.39 is 0 Å². The van der Waals surface area contributed by atoms with Crippen molar-refractivity contribution in [1.29, 1.82) is 0 Å². The van der Waals surface area contributed by atoms with Gasteiger partial charge in [0.2, 0.25) is 0 Å². The third kappa shape index (κ3) is 39.5. The van der Waals surface area contributed by atoms with E-state index in [1.54, 1.807) is 27.7 Å². The van der Waals surface area contributed by atoms with Crippen LogP contribution in [0, 0.1) is 29.6 Å². The highest BCUT2D eigenvalue weighted by Gasteiger charge is 2.10. The van der Waals surface area contributed by atoms with Crippen molar-refractivity contribution in [3.63, 3.8) is 0 Å². The van der Waals surface area contributed by atoms with Gasteiger partial charge in [0.1, 0.15) is 17.3 Å². The Balaban J connectivity index is -0.0000000969. The Bertz CT molecular complexity index is 523. The zero-order chi connectivity index (χ0) is 25.2. The van der Waals surface area contributed by atoms with Gasteiger partial charge >= 0.3 is 0 Å². The van der Waals surface area contributed by atoms with Crippen LogP contribution in [0.5, 0.6) is 0 Å². The predicted molar refractivity (Wildman–Crippen MR) is 136 cm³/mol. The van der Waals surface area contributed by atoms with E-state index >= 15 is 0 Å². The van der Waals surface area contributed by atoms with Crippen LogP contribution in [-0.4, -0.2) is 23.1 Å². The van der Waals surface area contributed by atoms with Crippen molar-refractivity contribution in [2.45, 2.75) is 111 Å². The van der Waals surface area contributed by atoms with Crippen LogP contribution in [-0.2, 0) is 19.2 Å². The molecule has 0 aliphatic rings. The second kappa shape index (κ2) is 23.1. The predicted octanol–water partition coefficient (Wildman–Crippen LogP) is 7.53. The van der Waals surface area contributed by atoms with E-state index in [4.69, 9.17) is 0 Å². The highest BCUT2D eigenvalue weighted by molar-refractivity contribution is 5.92. The van der Waals surface area contributed by atoms with Crippen LogP contribution in [0.15, 0.2) is 11.6 Å². The van der Waals surface area contributed by atoms with E-state index in [0.29, 0.717) is 23.5 Å². The van der Waals surface area contributed by atoms with Crippen LogP contribution < -0.4 is 0 Å².